The molecule has 0 amide bonds. The van der Waals surface area contributed by atoms with E-state index in [9.17, 15) is 0 Å². The maximum absolute atomic E-state index is 4.51. The molecular weight excluding hydrogens is 344 g/mol. The van der Waals surface area contributed by atoms with Gasteiger partial charge in [0.2, 0.25) is 0 Å². The average molecular weight is 375 g/mol. The molecule has 0 bridgehead atoms. The lowest BCUT2D eigenvalue weighted by Crippen LogP contribution is -2.53. The first-order valence-electron chi connectivity index (χ1n) is 10.2. The monoisotopic (exact) mass is 374 g/mol. The minimum absolute atomic E-state index is 0.0865. The van der Waals surface area contributed by atoms with E-state index in [4.69, 9.17) is 0 Å². The number of hydrogen-bond donors (Lipinski definition) is 1. The molecule has 0 fully saturated rings. The van der Waals surface area contributed by atoms with E-state index >= 15 is 0 Å². The smallest absolute Gasteiger partial charge is 0.122 e. The number of rotatable bonds is 8. The zero-order valence-electron chi connectivity index (χ0n) is 16.9. The highest BCUT2D eigenvalue weighted by molar-refractivity contribution is 5.37. The molecule has 1 aliphatic carbocycles. The quantitative estimate of drug-likeness (QED) is 0.653. The van der Waals surface area contributed by atoms with Crippen LogP contribution in [-0.2, 0) is 32.5 Å². The van der Waals surface area contributed by atoms with Crippen LogP contribution in [0.3, 0.4) is 0 Å². The molecule has 4 heteroatoms. The maximum Gasteiger partial charge on any atom is 0.122 e. The van der Waals surface area contributed by atoms with E-state index in [1.165, 1.54) is 16.7 Å². The molecule has 28 heavy (non-hydrogen) atoms. The van der Waals surface area contributed by atoms with Crippen molar-refractivity contribution in [1.82, 2.24) is 19.8 Å². The Bertz CT molecular complexity index is 875. The van der Waals surface area contributed by atoms with E-state index in [2.05, 4.69) is 94.5 Å². The van der Waals surface area contributed by atoms with Crippen LogP contribution in [0.1, 0.15) is 29.4 Å². The van der Waals surface area contributed by atoms with Crippen LogP contribution in [0.4, 0.5) is 0 Å². The molecule has 0 saturated carbocycles. The molecule has 1 aliphatic rings. The fraction of sp³-hybridized carbons (Fsp3) is 0.375. The van der Waals surface area contributed by atoms with Gasteiger partial charge in [-0.15, -0.1) is 0 Å². The van der Waals surface area contributed by atoms with Crippen LogP contribution >= 0.6 is 0 Å². The molecule has 146 valence electrons. The molecule has 3 aromatic rings. The van der Waals surface area contributed by atoms with Gasteiger partial charge in [-0.3, -0.25) is 4.90 Å². The molecule has 2 aromatic carbocycles. The normalized spacial score (nSPS) is 15.1. The van der Waals surface area contributed by atoms with Crippen LogP contribution in [0.5, 0.6) is 0 Å². The second-order valence-corrected chi connectivity index (χ2v) is 7.92. The summed E-state index contributed by atoms with van der Waals surface area (Å²) >= 11 is 0. The summed E-state index contributed by atoms with van der Waals surface area (Å²) in [4.78, 5) is 7.06. The third-order valence-electron chi connectivity index (χ3n) is 6.11. The minimum atomic E-state index is 0.0865. The lowest BCUT2D eigenvalue weighted by atomic mass is 9.92. The van der Waals surface area contributed by atoms with Crippen molar-refractivity contribution >= 4 is 0 Å². The fourth-order valence-electron chi connectivity index (χ4n) is 4.43. The topological polar surface area (TPSA) is 33.1 Å². The van der Waals surface area contributed by atoms with Gasteiger partial charge in [-0.25, -0.2) is 4.98 Å². The summed E-state index contributed by atoms with van der Waals surface area (Å²) in [6.07, 6.45) is 6.12. The molecule has 1 aromatic heterocycles. The fourth-order valence-corrected chi connectivity index (χ4v) is 4.43. The van der Waals surface area contributed by atoms with Crippen molar-refractivity contribution in [2.24, 2.45) is 0 Å². The van der Waals surface area contributed by atoms with Crippen molar-refractivity contribution in [3.63, 3.8) is 0 Å². The molecule has 1 N–H and O–H groups in total. The zero-order valence-corrected chi connectivity index (χ0v) is 16.9. The van der Waals surface area contributed by atoms with Gasteiger partial charge in [0.05, 0.1) is 6.54 Å². The number of aryl methyl sites for hydroxylation is 1. The van der Waals surface area contributed by atoms with Crippen LogP contribution in [-0.4, -0.2) is 33.6 Å². The number of aromatic nitrogens is 2. The predicted molar refractivity (Wildman–Crippen MR) is 114 cm³/mol. The van der Waals surface area contributed by atoms with E-state index in [-0.39, 0.29) is 5.54 Å². The Balaban J connectivity index is 1.51. The van der Waals surface area contributed by atoms with Gasteiger partial charge in [0.25, 0.3) is 0 Å². The molecule has 4 nitrogen and oxygen atoms in total. The third-order valence-corrected chi connectivity index (χ3v) is 6.11. The van der Waals surface area contributed by atoms with Crippen LogP contribution in [0.2, 0.25) is 0 Å². The maximum atomic E-state index is 4.51. The van der Waals surface area contributed by atoms with Gasteiger partial charge < -0.3 is 9.88 Å². The van der Waals surface area contributed by atoms with E-state index < -0.39 is 0 Å². The second-order valence-electron chi connectivity index (χ2n) is 7.92. The Labute approximate surface area is 168 Å². The van der Waals surface area contributed by atoms with Gasteiger partial charge in [0.15, 0.2) is 0 Å². The summed E-state index contributed by atoms with van der Waals surface area (Å²) in [5, 5.41) is 3.72. The van der Waals surface area contributed by atoms with Crippen molar-refractivity contribution < 1.29 is 0 Å². The third kappa shape index (κ3) is 3.89. The molecule has 0 spiro atoms. The Hall–Kier alpha value is -2.43. The number of fused-ring (bicyclic) bond motifs is 1. The van der Waals surface area contributed by atoms with Crippen LogP contribution in [0, 0.1) is 0 Å². The van der Waals surface area contributed by atoms with Crippen molar-refractivity contribution in [2.75, 3.05) is 13.6 Å². The highest BCUT2D eigenvalue weighted by atomic mass is 15.2. The van der Waals surface area contributed by atoms with Crippen molar-refractivity contribution in [1.29, 1.82) is 0 Å². The summed E-state index contributed by atoms with van der Waals surface area (Å²) in [5.41, 5.74) is 4.42. The Morgan fingerprint density at radius 1 is 1.04 bits per heavy atom. The molecule has 0 aliphatic heterocycles. The standard InChI is InChI=1S/C24H30N4/c1-3-28-14-13-26-23(28)17-25-19-24(15-21-11-7-8-12-22(21)16-24)27(2)18-20-9-5-4-6-10-20/h4-14,25H,3,15-19H2,1-2H3. The van der Waals surface area contributed by atoms with E-state index in [0.717, 1.165) is 44.8 Å². The molecular formula is C24H30N4. The lowest BCUT2D eigenvalue weighted by Gasteiger charge is -2.39. The van der Waals surface area contributed by atoms with Gasteiger partial charge in [-0.1, -0.05) is 54.6 Å². The molecule has 0 radical (unpaired) electrons. The molecule has 0 saturated heterocycles. The Kier molecular flexibility index (Phi) is 5.60. The Morgan fingerprint density at radius 3 is 2.39 bits per heavy atom. The zero-order chi connectivity index (χ0) is 19.4. The SMILES string of the molecule is CCn1ccnc1CNCC1(N(C)Cc2ccccc2)Cc2ccccc2C1. The van der Waals surface area contributed by atoms with Gasteiger partial charge in [0.1, 0.15) is 5.82 Å². The van der Waals surface area contributed by atoms with Crippen LogP contribution in [0.15, 0.2) is 67.0 Å². The highest BCUT2D eigenvalue weighted by Crippen LogP contribution is 2.34. The Morgan fingerprint density at radius 2 is 1.71 bits per heavy atom. The number of nitrogens with zero attached hydrogens (tertiary/aromatic N) is 3. The van der Waals surface area contributed by atoms with E-state index in [0.29, 0.717) is 0 Å². The molecule has 0 atom stereocenters. The average Bonchev–Trinajstić information content (AvgIpc) is 3.33. The first kappa shape index (κ1) is 18.9. The number of likely N-dealkylation sites (N-methyl/N-ethyl adjacent to an activating group) is 1. The summed E-state index contributed by atoms with van der Waals surface area (Å²) in [7, 11) is 2.27. The number of hydrogen-bond acceptors (Lipinski definition) is 3. The van der Waals surface area contributed by atoms with Gasteiger partial charge in [-0.2, -0.15) is 0 Å². The van der Waals surface area contributed by atoms with Gasteiger partial charge >= 0.3 is 0 Å². The highest BCUT2D eigenvalue weighted by Gasteiger charge is 2.40. The van der Waals surface area contributed by atoms with Gasteiger partial charge in [-0.05, 0) is 43.5 Å². The van der Waals surface area contributed by atoms with E-state index in [1.807, 2.05) is 6.20 Å². The molecule has 1 heterocycles. The number of benzene rings is 2. The number of nitrogens with one attached hydrogen (secondary N) is 1. The van der Waals surface area contributed by atoms with Crippen molar-refractivity contribution in [2.45, 2.75) is 44.9 Å². The summed E-state index contributed by atoms with van der Waals surface area (Å²) in [6, 6.07) is 19.7. The second kappa shape index (κ2) is 8.29. The first-order valence-corrected chi connectivity index (χ1v) is 10.2. The molecule has 0 unspecified atom stereocenters. The lowest BCUT2D eigenvalue weighted by molar-refractivity contribution is 0.116. The predicted octanol–water partition coefficient (Wildman–Crippen LogP) is 3.66. The van der Waals surface area contributed by atoms with Crippen LogP contribution < -0.4 is 5.32 Å². The first-order chi connectivity index (χ1) is 13.7. The van der Waals surface area contributed by atoms with E-state index in [1.54, 1.807) is 0 Å². The van der Waals surface area contributed by atoms with Crippen LogP contribution in [0.25, 0.3) is 0 Å². The van der Waals surface area contributed by atoms with Crippen molar-refractivity contribution in [3.05, 3.63) is 89.5 Å². The summed E-state index contributed by atoms with van der Waals surface area (Å²) < 4.78 is 2.21. The summed E-state index contributed by atoms with van der Waals surface area (Å²) in [5.74, 6) is 1.11. The number of imidazole rings is 1. The summed E-state index contributed by atoms with van der Waals surface area (Å²) in [6.45, 7) is 5.83. The minimum Gasteiger partial charge on any atom is -0.334 e. The molecule has 4 rings (SSSR count). The largest absolute Gasteiger partial charge is 0.334 e. The van der Waals surface area contributed by atoms with Gasteiger partial charge in [0, 0.05) is 37.6 Å². The van der Waals surface area contributed by atoms with Crippen molar-refractivity contribution in [3.8, 4) is 0 Å².